The van der Waals surface area contributed by atoms with Gasteiger partial charge in [0.2, 0.25) is 0 Å². The molecular formula is C20H31NO3. The lowest BCUT2D eigenvalue weighted by molar-refractivity contribution is -0.123. The van der Waals surface area contributed by atoms with Crippen molar-refractivity contribution in [1.29, 1.82) is 0 Å². The van der Waals surface area contributed by atoms with E-state index in [9.17, 15) is 9.90 Å². The van der Waals surface area contributed by atoms with Crippen LogP contribution in [0.25, 0.3) is 0 Å². The van der Waals surface area contributed by atoms with E-state index in [4.69, 9.17) is 4.74 Å². The molecule has 2 rings (SSSR count). The van der Waals surface area contributed by atoms with Crippen LogP contribution in [0.2, 0.25) is 0 Å². The molecule has 0 aromatic heterocycles. The maximum atomic E-state index is 11.9. The Kier molecular flexibility index (Phi) is 6.67. The highest BCUT2D eigenvalue weighted by Crippen LogP contribution is 2.26. The average Bonchev–Trinajstić information content (AvgIpc) is 2.58. The van der Waals surface area contributed by atoms with Crippen molar-refractivity contribution in [2.24, 2.45) is 5.92 Å². The third-order valence-electron chi connectivity index (χ3n) is 4.79. The molecule has 4 nitrogen and oxygen atoms in total. The quantitative estimate of drug-likeness (QED) is 0.838. The zero-order valence-electron chi connectivity index (χ0n) is 15.2. The fourth-order valence-corrected chi connectivity index (χ4v) is 3.16. The predicted octanol–water partition coefficient (Wildman–Crippen LogP) is 3.42. The Morgan fingerprint density at radius 3 is 2.42 bits per heavy atom. The lowest BCUT2D eigenvalue weighted by Gasteiger charge is -2.26. The summed E-state index contributed by atoms with van der Waals surface area (Å²) in [4.78, 5) is 11.9. The SMILES string of the molecule is CC(C)(C)c1ccc(OCC(=O)NCC(O)C2CCCCC2)cc1. The zero-order valence-corrected chi connectivity index (χ0v) is 15.2. The largest absolute Gasteiger partial charge is 0.484 e. The lowest BCUT2D eigenvalue weighted by atomic mass is 9.85. The zero-order chi connectivity index (χ0) is 17.6. The molecule has 24 heavy (non-hydrogen) atoms. The molecule has 2 N–H and O–H groups in total. The van der Waals surface area contributed by atoms with Crippen LogP contribution >= 0.6 is 0 Å². The first-order valence-electron chi connectivity index (χ1n) is 9.04. The number of aliphatic hydroxyl groups excluding tert-OH is 1. The van der Waals surface area contributed by atoms with Crippen LogP contribution in [0, 0.1) is 5.92 Å². The molecule has 1 amide bonds. The lowest BCUT2D eigenvalue weighted by Crippen LogP contribution is -2.39. The molecule has 0 bridgehead atoms. The van der Waals surface area contributed by atoms with Crippen LogP contribution in [-0.2, 0) is 10.2 Å². The number of amides is 1. The molecule has 0 saturated heterocycles. The van der Waals surface area contributed by atoms with Crippen LogP contribution in [0.4, 0.5) is 0 Å². The van der Waals surface area contributed by atoms with Crippen LogP contribution in [0.1, 0.15) is 58.4 Å². The molecule has 1 aromatic rings. The number of carbonyl (C=O) groups is 1. The maximum Gasteiger partial charge on any atom is 0.258 e. The van der Waals surface area contributed by atoms with Gasteiger partial charge in [-0.05, 0) is 41.9 Å². The first-order chi connectivity index (χ1) is 11.4. The van der Waals surface area contributed by atoms with Gasteiger partial charge in [0, 0.05) is 6.54 Å². The summed E-state index contributed by atoms with van der Waals surface area (Å²) in [5.41, 5.74) is 1.33. The second-order valence-corrected chi connectivity index (χ2v) is 7.83. The minimum Gasteiger partial charge on any atom is -0.484 e. The van der Waals surface area contributed by atoms with Crippen molar-refractivity contribution in [3.63, 3.8) is 0 Å². The highest BCUT2D eigenvalue weighted by molar-refractivity contribution is 5.77. The van der Waals surface area contributed by atoms with Gasteiger partial charge in [0.25, 0.3) is 5.91 Å². The van der Waals surface area contributed by atoms with Gasteiger partial charge in [0.05, 0.1) is 6.10 Å². The second kappa shape index (κ2) is 8.52. The molecule has 0 heterocycles. The summed E-state index contributed by atoms with van der Waals surface area (Å²) in [6.45, 7) is 6.78. The van der Waals surface area contributed by atoms with E-state index in [-0.39, 0.29) is 17.9 Å². The van der Waals surface area contributed by atoms with Crippen molar-refractivity contribution < 1.29 is 14.6 Å². The van der Waals surface area contributed by atoms with E-state index in [0.717, 1.165) is 12.8 Å². The topological polar surface area (TPSA) is 58.6 Å². The number of rotatable bonds is 6. The van der Waals surface area contributed by atoms with Crippen LogP contribution in [0.15, 0.2) is 24.3 Å². The van der Waals surface area contributed by atoms with E-state index in [1.54, 1.807) is 0 Å². The Balaban J connectivity index is 1.71. The van der Waals surface area contributed by atoms with Crippen LogP contribution < -0.4 is 10.1 Å². The highest BCUT2D eigenvalue weighted by Gasteiger charge is 2.22. The Morgan fingerprint density at radius 1 is 1.21 bits per heavy atom. The van der Waals surface area contributed by atoms with Gasteiger partial charge < -0.3 is 15.2 Å². The number of hydrogen-bond acceptors (Lipinski definition) is 3. The summed E-state index contributed by atoms with van der Waals surface area (Å²) < 4.78 is 5.52. The molecule has 1 aliphatic rings. The number of benzene rings is 1. The van der Waals surface area contributed by atoms with Gasteiger partial charge in [-0.3, -0.25) is 4.79 Å². The van der Waals surface area contributed by atoms with Gasteiger partial charge >= 0.3 is 0 Å². The molecule has 1 saturated carbocycles. The third-order valence-corrected chi connectivity index (χ3v) is 4.79. The summed E-state index contributed by atoms with van der Waals surface area (Å²) in [6, 6.07) is 7.84. The van der Waals surface area contributed by atoms with E-state index in [1.807, 2.05) is 24.3 Å². The van der Waals surface area contributed by atoms with Crippen molar-refractivity contribution in [3.05, 3.63) is 29.8 Å². The molecule has 4 heteroatoms. The van der Waals surface area contributed by atoms with Crippen molar-refractivity contribution in [1.82, 2.24) is 5.32 Å². The van der Waals surface area contributed by atoms with Gasteiger partial charge in [-0.2, -0.15) is 0 Å². The van der Waals surface area contributed by atoms with Gasteiger partial charge in [0.1, 0.15) is 5.75 Å². The predicted molar refractivity (Wildman–Crippen MR) is 96.2 cm³/mol. The molecule has 0 spiro atoms. The molecule has 1 atom stereocenters. The smallest absolute Gasteiger partial charge is 0.258 e. The molecule has 1 fully saturated rings. The monoisotopic (exact) mass is 333 g/mol. The molecule has 1 aromatic carbocycles. The molecule has 0 radical (unpaired) electrons. The minimum atomic E-state index is -0.444. The molecule has 1 unspecified atom stereocenters. The number of carbonyl (C=O) groups excluding carboxylic acids is 1. The maximum absolute atomic E-state index is 11.9. The van der Waals surface area contributed by atoms with Gasteiger partial charge in [-0.1, -0.05) is 52.2 Å². The number of ether oxygens (including phenoxy) is 1. The molecular weight excluding hydrogens is 302 g/mol. The summed E-state index contributed by atoms with van der Waals surface area (Å²) in [5, 5.41) is 12.9. The van der Waals surface area contributed by atoms with Crippen molar-refractivity contribution >= 4 is 5.91 Å². The van der Waals surface area contributed by atoms with E-state index >= 15 is 0 Å². The fraction of sp³-hybridized carbons (Fsp3) is 0.650. The first kappa shape index (κ1) is 18.8. The van der Waals surface area contributed by atoms with Crippen molar-refractivity contribution in [2.45, 2.75) is 64.4 Å². The summed E-state index contributed by atoms with van der Waals surface area (Å²) >= 11 is 0. The van der Waals surface area contributed by atoms with Crippen LogP contribution in [0.5, 0.6) is 5.75 Å². The first-order valence-corrected chi connectivity index (χ1v) is 9.04. The van der Waals surface area contributed by atoms with E-state index in [1.165, 1.54) is 24.8 Å². The normalized spacial score (nSPS) is 17.3. The van der Waals surface area contributed by atoms with E-state index in [2.05, 4.69) is 26.1 Å². The van der Waals surface area contributed by atoms with Gasteiger partial charge in [-0.25, -0.2) is 0 Å². The Labute approximate surface area is 145 Å². The standard InChI is InChI=1S/C20H31NO3/c1-20(2,3)16-9-11-17(12-10-16)24-14-19(23)21-13-18(22)15-7-5-4-6-8-15/h9-12,15,18,22H,4-8,13-14H2,1-3H3,(H,21,23). The second-order valence-electron chi connectivity index (χ2n) is 7.83. The van der Waals surface area contributed by atoms with Crippen molar-refractivity contribution in [3.8, 4) is 5.75 Å². The van der Waals surface area contributed by atoms with Gasteiger partial charge in [0.15, 0.2) is 6.61 Å². The highest BCUT2D eigenvalue weighted by atomic mass is 16.5. The number of aliphatic hydroxyl groups is 1. The number of hydrogen-bond donors (Lipinski definition) is 2. The van der Waals surface area contributed by atoms with E-state index in [0.29, 0.717) is 18.2 Å². The Bertz CT molecular complexity index is 513. The van der Waals surface area contributed by atoms with Crippen LogP contribution in [-0.4, -0.2) is 30.3 Å². The molecule has 134 valence electrons. The fourth-order valence-electron chi connectivity index (χ4n) is 3.16. The summed E-state index contributed by atoms with van der Waals surface area (Å²) in [7, 11) is 0. The number of nitrogens with one attached hydrogen (secondary N) is 1. The minimum absolute atomic E-state index is 0.0216. The van der Waals surface area contributed by atoms with Gasteiger partial charge in [-0.15, -0.1) is 0 Å². The van der Waals surface area contributed by atoms with E-state index < -0.39 is 6.10 Å². The van der Waals surface area contributed by atoms with Crippen molar-refractivity contribution in [2.75, 3.05) is 13.2 Å². The average molecular weight is 333 g/mol. The molecule has 0 aliphatic heterocycles. The molecule has 1 aliphatic carbocycles. The Morgan fingerprint density at radius 2 is 1.83 bits per heavy atom. The summed E-state index contributed by atoms with van der Waals surface area (Å²) in [5.74, 6) is 0.820. The third kappa shape index (κ3) is 5.82. The Hall–Kier alpha value is -1.55. The van der Waals surface area contributed by atoms with Crippen LogP contribution in [0.3, 0.4) is 0 Å². The summed E-state index contributed by atoms with van der Waals surface area (Å²) in [6.07, 6.45) is 5.31.